The normalized spacial score (nSPS) is 11.3. The third-order valence-corrected chi connectivity index (χ3v) is 7.94. The Balaban J connectivity index is 1.35. The molecule has 4 nitrogen and oxygen atoms in total. The van der Waals surface area contributed by atoms with Gasteiger partial charge in [0.15, 0.2) is 0 Å². The van der Waals surface area contributed by atoms with Gasteiger partial charge in [0.25, 0.3) is 0 Å². The lowest BCUT2D eigenvalue weighted by Crippen LogP contribution is -1.89. The average Bonchev–Trinajstić information content (AvgIpc) is 3.61. The molecule has 0 fully saturated rings. The van der Waals surface area contributed by atoms with Crippen molar-refractivity contribution in [2.75, 3.05) is 0 Å². The summed E-state index contributed by atoms with van der Waals surface area (Å²) in [4.78, 5) is 0. The highest BCUT2D eigenvalue weighted by Gasteiger charge is 2.14. The predicted molar refractivity (Wildman–Crippen MR) is 167 cm³/mol. The minimum atomic E-state index is 0.602. The second-order valence-electron chi connectivity index (χ2n) is 10.4. The van der Waals surface area contributed by atoms with Crippen LogP contribution in [-0.2, 0) is 0 Å². The van der Waals surface area contributed by atoms with Crippen LogP contribution < -0.4 is 0 Å². The molecular formula is C38H20N2O2. The van der Waals surface area contributed by atoms with Crippen LogP contribution >= 0.6 is 0 Å². The van der Waals surface area contributed by atoms with Crippen molar-refractivity contribution in [3.63, 3.8) is 0 Å². The maximum absolute atomic E-state index is 9.88. The van der Waals surface area contributed by atoms with Gasteiger partial charge in [-0.05, 0) is 106 Å². The quantitative estimate of drug-likeness (QED) is 0.225. The number of para-hydroxylation sites is 1. The molecule has 42 heavy (non-hydrogen) atoms. The molecule has 0 spiro atoms. The highest BCUT2D eigenvalue weighted by atomic mass is 16.3. The molecule has 0 saturated heterocycles. The van der Waals surface area contributed by atoms with Gasteiger partial charge in [0.05, 0.1) is 23.3 Å². The highest BCUT2D eigenvalue weighted by molar-refractivity contribution is 6.07. The molecule has 0 N–H and O–H groups in total. The molecule has 0 saturated carbocycles. The number of benzene rings is 6. The Morgan fingerprint density at radius 1 is 0.405 bits per heavy atom. The average molecular weight is 537 g/mol. The van der Waals surface area contributed by atoms with Gasteiger partial charge in [-0.1, -0.05) is 48.5 Å². The van der Waals surface area contributed by atoms with Crippen LogP contribution in [0.2, 0.25) is 0 Å². The second-order valence-corrected chi connectivity index (χ2v) is 10.4. The zero-order chi connectivity index (χ0) is 28.2. The van der Waals surface area contributed by atoms with E-state index in [1.807, 2.05) is 66.7 Å². The Kier molecular flexibility index (Phi) is 5.22. The molecule has 8 aromatic rings. The molecule has 0 aliphatic rings. The minimum Gasteiger partial charge on any atom is -0.456 e. The first-order valence-corrected chi connectivity index (χ1v) is 13.6. The summed E-state index contributed by atoms with van der Waals surface area (Å²) in [7, 11) is 0. The third kappa shape index (κ3) is 3.75. The molecule has 0 atom stereocenters. The Morgan fingerprint density at radius 2 is 1.02 bits per heavy atom. The molecule has 0 unspecified atom stereocenters. The molecule has 4 heteroatoms. The molecular weight excluding hydrogens is 516 g/mol. The zero-order valence-corrected chi connectivity index (χ0v) is 22.3. The SMILES string of the molecule is N#Cc1ccc2oc3cc(-c4cc(-c5ccc6oc7ccccc7c6c5)cc(-c5ccccc5C#N)c4)ccc3c2c1. The smallest absolute Gasteiger partial charge is 0.136 e. The summed E-state index contributed by atoms with van der Waals surface area (Å²) in [6.45, 7) is 0. The first-order chi connectivity index (χ1) is 20.7. The van der Waals surface area contributed by atoms with Crippen LogP contribution in [0, 0.1) is 22.7 Å². The van der Waals surface area contributed by atoms with E-state index >= 15 is 0 Å². The van der Waals surface area contributed by atoms with Crippen LogP contribution in [0.4, 0.5) is 0 Å². The molecule has 8 rings (SSSR count). The molecule has 0 amide bonds. The molecule has 0 bridgehead atoms. The van der Waals surface area contributed by atoms with E-state index < -0.39 is 0 Å². The van der Waals surface area contributed by atoms with E-state index in [2.05, 4.69) is 60.7 Å². The summed E-state index contributed by atoms with van der Waals surface area (Å²) in [6, 6.07) is 44.7. The van der Waals surface area contributed by atoms with E-state index in [4.69, 9.17) is 8.83 Å². The van der Waals surface area contributed by atoms with E-state index in [0.29, 0.717) is 11.1 Å². The number of fused-ring (bicyclic) bond motifs is 6. The second kappa shape index (κ2) is 9.24. The summed E-state index contributed by atoms with van der Waals surface area (Å²) in [6.07, 6.45) is 0. The van der Waals surface area contributed by atoms with Crippen molar-refractivity contribution in [1.82, 2.24) is 0 Å². The van der Waals surface area contributed by atoms with Crippen LogP contribution in [0.15, 0.2) is 130 Å². The third-order valence-electron chi connectivity index (χ3n) is 7.94. The van der Waals surface area contributed by atoms with Gasteiger partial charge in [0.2, 0.25) is 0 Å². The predicted octanol–water partition coefficient (Wildman–Crippen LogP) is 10.2. The summed E-state index contributed by atoms with van der Waals surface area (Å²) in [5.41, 5.74) is 10.4. The fraction of sp³-hybridized carbons (Fsp3) is 0. The first kappa shape index (κ1) is 23.8. The summed E-state index contributed by atoms with van der Waals surface area (Å²) >= 11 is 0. The zero-order valence-electron chi connectivity index (χ0n) is 22.3. The summed E-state index contributed by atoms with van der Waals surface area (Å²) in [5, 5.41) is 23.3. The number of hydrogen-bond donors (Lipinski definition) is 0. The standard InChI is InChI=1S/C38H20N2O2/c39-21-23-9-13-36-33(15-23)32-12-10-25(20-38(32)42-36)28-16-27(17-29(18-28)30-6-2-1-5-26(30)22-40)24-11-14-37-34(19-24)31-7-3-4-8-35(31)41-37/h1-20H. The van der Waals surface area contributed by atoms with Crippen LogP contribution in [0.25, 0.3) is 77.3 Å². The molecule has 0 aliphatic heterocycles. The van der Waals surface area contributed by atoms with Crippen LogP contribution in [0.5, 0.6) is 0 Å². The lowest BCUT2D eigenvalue weighted by Gasteiger charge is -2.12. The largest absolute Gasteiger partial charge is 0.456 e. The van der Waals surface area contributed by atoms with E-state index in [1.54, 1.807) is 6.07 Å². The molecule has 0 radical (unpaired) electrons. The molecule has 0 aliphatic carbocycles. The number of nitriles is 2. The van der Waals surface area contributed by atoms with Gasteiger partial charge in [-0.25, -0.2) is 0 Å². The van der Waals surface area contributed by atoms with E-state index in [-0.39, 0.29) is 0 Å². The summed E-state index contributed by atoms with van der Waals surface area (Å²) in [5.74, 6) is 0. The summed E-state index contributed by atoms with van der Waals surface area (Å²) < 4.78 is 12.3. The van der Waals surface area contributed by atoms with Crippen molar-refractivity contribution in [2.45, 2.75) is 0 Å². The van der Waals surface area contributed by atoms with E-state index in [0.717, 1.165) is 77.3 Å². The van der Waals surface area contributed by atoms with Gasteiger partial charge < -0.3 is 8.83 Å². The minimum absolute atomic E-state index is 0.602. The van der Waals surface area contributed by atoms with Gasteiger partial charge in [-0.3, -0.25) is 0 Å². The van der Waals surface area contributed by atoms with Gasteiger partial charge in [0.1, 0.15) is 22.3 Å². The van der Waals surface area contributed by atoms with Crippen molar-refractivity contribution in [3.8, 4) is 45.5 Å². The Bertz CT molecular complexity index is 2450. The molecule has 194 valence electrons. The topological polar surface area (TPSA) is 73.9 Å². The fourth-order valence-corrected chi connectivity index (χ4v) is 5.88. The van der Waals surface area contributed by atoms with E-state index in [9.17, 15) is 10.5 Å². The van der Waals surface area contributed by atoms with Crippen LogP contribution in [-0.4, -0.2) is 0 Å². The molecule has 6 aromatic carbocycles. The van der Waals surface area contributed by atoms with Gasteiger partial charge >= 0.3 is 0 Å². The van der Waals surface area contributed by atoms with Crippen molar-refractivity contribution >= 4 is 43.9 Å². The monoisotopic (exact) mass is 536 g/mol. The van der Waals surface area contributed by atoms with Gasteiger partial charge in [-0.2, -0.15) is 10.5 Å². The number of hydrogen-bond acceptors (Lipinski definition) is 4. The van der Waals surface area contributed by atoms with Crippen LogP contribution in [0.1, 0.15) is 11.1 Å². The fourth-order valence-electron chi connectivity index (χ4n) is 5.88. The lowest BCUT2D eigenvalue weighted by molar-refractivity contribution is 0.668. The Labute approximate surface area is 240 Å². The van der Waals surface area contributed by atoms with Gasteiger partial charge in [0, 0.05) is 21.5 Å². The maximum atomic E-state index is 9.88. The van der Waals surface area contributed by atoms with Crippen molar-refractivity contribution in [1.29, 1.82) is 10.5 Å². The van der Waals surface area contributed by atoms with Crippen molar-refractivity contribution in [3.05, 3.63) is 132 Å². The van der Waals surface area contributed by atoms with Crippen molar-refractivity contribution < 1.29 is 8.83 Å². The number of rotatable bonds is 3. The highest BCUT2D eigenvalue weighted by Crippen LogP contribution is 2.39. The van der Waals surface area contributed by atoms with Crippen LogP contribution in [0.3, 0.4) is 0 Å². The maximum Gasteiger partial charge on any atom is 0.136 e. The first-order valence-electron chi connectivity index (χ1n) is 13.6. The molecule has 2 heterocycles. The van der Waals surface area contributed by atoms with Gasteiger partial charge in [-0.15, -0.1) is 0 Å². The number of furan rings is 2. The van der Waals surface area contributed by atoms with E-state index in [1.165, 1.54) is 0 Å². The van der Waals surface area contributed by atoms with Crippen molar-refractivity contribution in [2.24, 2.45) is 0 Å². The Morgan fingerprint density at radius 3 is 1.86 bits per heavy atom. The molecule has 2 aromatic heterocycles. The number of nitrogens with zero attached hydrogens (tertiary/aromatic N) is 2. The lowest BCUT2D eigenvalue weighted by atomic mass is 9.91. The Hall–Kier alpha value is -6.10.